The minimum Gasteiger partial charge on any atom is -0.502 e. The number of aliphatic hydroxyl groups excluding tert-OH is 2. The summed E-state index contributed by atoms with van der Waals surface area (Å²) in [6.07, 6.45) is 6.85. The van der Waals surface area contributed by atoms with E-state index < -0.39 is 12.2 Å². The summed E-state index contributed by atoms with van der Waals surface area (Å²) in [4.78, 5) is 0. The largest absolute Gasteiger partial charge is 0.502 e. The van der Waals surface area contributed by atoms with Gasteiger partial charge in [-0.1, -0.05) is 13.2 Å². The van der Waals surface area contributed by atoms with Gasteiger partial charge in [0.15, 0.2) is 0 Å². The molecule has 0 amide bonds. The third-order valence-corrected chi connectivity index (χ3v) is 3.91. The first-order chi connectivity index (χ1) is 14.7. The standard InChI is InChI=1S/C22H42O8/c1-3-25-11-5-7-13-27-17-21(23)19-29-15-9-10-16-30-20-22(24)18-28-14-8-6-12-26-4-2/h3-4,21-24H,1-2,5-20H2. The number of aliphatic hydroxyl groups is 2. The van der Waals surface area contributed by atoms with Crippen molar-refractivity contribution in [3.63, 3.8) is 0 Å². The molecule has 0 aromatic carbocycles. The number of ether oxygens (including phenoxy) is 6. The molecule has 0 aliphatic heterocycles. The van der Waals surface area contributed by atoms with Crippen LogP contribution in [-0.4, -0.2) is 88.5 Å². The van der Waals surface area contributed by atoms with E-state index in [0.29, 0.717) is 39.6 Å². The monoisotopic (exact) mass is 434 g/mol. The zero-order chi connectivity index (χ0) is 22.1. The van der Waals surface area contributed by atoms with Gasteiger partial charge in [-0.05, 0) is 38.5 Å². The van der Waals surface area contributed by atoms with Crippen molar-refractivity contribution in [1.82, 2.24) is 0 Å². The van der Waals surface area contributed by atoms with Crippen molar-refractivity contribution in [3.8, 4) is 0 Å². The molecule has 0 rings (SSSR count). The normalized spacial score (nSPS) is 13.0. The van der Waals surface area contributed by atoms with Crippen molar-refractivity contribution in [2.24, 2.45) is 0 Å². The fourth-order valence-corrected chi connectivity index (χ4v) is 2.33. The predicted octanol–water partition coefficient (Wildman–Crippen LogP) is 2.44. The molecule has 0 spiro atoms. The number of hydrogen-bond acceptors (Lipinski definition) is 8. The van der Waals surface area contributed by atoms with Gasteiger partial charge in [-0.3, -0.25) is 0 Å². The minimum absolute atomic E-state index is 0.260. The molecule has 0 aromatic rings. The van der Waals surface area contributed by atoms with E-state index >= 15 is 0 Å². The molecule has 8 nitrogen and oxygen atoms in total. The fraction of sp³-hybridized carbons (Fsp3) is 0.818. The van der Waals surface area contributed by atoms with E-state index in [4.69, 9.17) is 28.4 Å². The minimum atomic E-state index is -0.615. The van der Waals surface area contributed by atoms with Gasteiger partial charge in [0.2, 0.25) is 0 Å². The Hall–Kier alpha value is -1.16. The Morgan fingerprint density at radius 2 is 0.767 bits per heavy atom. The van der Waals surface area contributed by atoms with Crippen molar-refractivity contribution >= 4 is 0 Å². The Balaban J connectivity index is 3.25. The molecule has 0 aliphatic carbocycles. The van der Waals surface area contributed by atoms with Gasteiger partial charge in [0, 0.05) is 26.4 Å². The quantitative estimate of drug-likeness (QED) is 0.167. The molecule has 2 N–H and O–H groups in total. The maximum Gasteiger partial charge on any atom is 0.101 e. The fourth-order valence-electron chi connectivity index (χ4n) is 2.33. The summed E-state index contributed by atoms with van der Waals surface area (Å²) < 4.78 is 31.7. The van der Waals surface area contributed by atoms with Crippen LogP contribution in [0, 0.1) is 0 Å². The topological polar surface area (TPSA) is 95.8 Å². The van der Waals surface area contributed by atoms with Crippen molar-refractivity contribution in [1.29, 1.82) is 0 Å². The van der Waals surface area contributed by atoms with E-state index in [1.807, 2.05) is 0 Å². The molecule has 0 bridgehead atoms. The van der Waals surface area contributed by atoms with Crippen LogP contribution in [0.3, 0.4) is 0 Å². The van der Waals surface area contributed by atoms with Crippen LogP contribution in [0.5, 0.6) is 0 Å². The van der Waals surface area contributed by atoms with E-state index in [-0.39, 0.29) is 26.4 Å². The Labute approximate surface area is 181 Å². The molecule has 30 heavy (non-hydrogen) atoms. The van der Waals surface area contributed by atoms with Gasteiger partial charge < -0.3 is 38.6 Å². The van der Waals surface area contributed by atoms with E-state index in [1.165, 1.54) is 12.5 Å². The molecule has 8 heteroatoms. The van der Waals surface area contributed by atoms with Gasteiger partial charge in [-0.25, -0.2) is 0 Å². The lowest BCUT2D eigenvalue weighted by molar-refractivity contribution is -0.0273. The van der Waals surface area contributed by atoms with Gasteiger partial charge in [0.1, 0.15) is 12.2 Å². The van der Waals surface area contributed by atoms with Crippen LogP contribution in [0.4, 0.5) is 0 Å². The van der Waals surface area contributed by atoms with E-state index in [2.05, 4.69) is 13.2 Å². The highest BCUT2D eigenvalue weighted by atomic mass is 16.5. The van der Waals surface area contributed by atoms with E-state index in [9.17, 15) is 10.2 Å². The lowest BCUT2D eigenvalue weighted by Gasteiger charge is -2.13. The van der Waals surface area contributed by atoms with Gasteiger partial charge in [-0.2, -0.15) is 0 Å². The van der Waals surface area contributed by atoms with Gasteiger partial charge in [0.25, 0.3) is 0 Å². The van der Waals surface area contributed by atoms with Crippen molar-refractivity contribution < 1.29 is 38.6 Å². The van der Waals surface area contributed by atoms with Crippen LogP contribution in [0.1, 0.15) is 38.5 Å². The third kappa shape index (κ3) is 23.1. The molecule has 0 aliphatic rings. The second-order valence-corrected chi connectivity index (χ2v) is 6.80. The smallest absolute Gasteiger partial charge is 0.101 e. The zero-order valence-electron chi connectivity index (χ0n) is 18.4. The van der Waals surface area contributed by atoms with Crippen molar-refractivity contribution in [3.05, 3.63) is 25.7 Å². The lowest BCUT2D eigenvalue weighted by atomic mass is 10.3. The first kappa shape index (κ1) is 28.8. The Morgan fingerprint density at radius 1 is 0.500 bits per heavy atom. The number of hydrogen-bond donors (Lipinski definition) is 2. The van der Waals surface area contributed by atoms with Crippen molar-refractivity contribution in [2.45, 2.75) is 50.7 Å². The number of rotatable bonds is 25. The SMILES string of the molecule is C=COCCCCOCC(O)COCCCCOCC(O)COCCCCOC=C. The highest BCUT2D eigenvalue weighted by Gasteiger charge is 2.06. The Morgan fingerprint density at radius 3 is 1.03 bits per heavy atom. The molecule has 0 aromatic heterocycles. The summed E-state index contributed by atoms with van der Waals surface area (Å²) >= 11 is 0. The molecular weight excluding hydrogens is 392 g/mol. The molecular formula is C22H42O8. The van der Waals surface area contributed by atoms with Crippen LogP contribution < -0.4 is 0 Å². The first-order valence-electron chi connectivity index (χ1n) is 10.8. The molecule has 0 heterocycles. The molecule has 0 saturated heterocycles. The van der Waals surface area contributed by atoms with Crippen LogP contribution in [0.15, 0.2) is 25.7 Å². The Kier molecular flexibility index (Phi) is 23.2. The zero-order valence-corrected chi connectivity index (χ0v) is 18.4. The maximum absolute atomic E-state index is 9.77. The maximum atomic E-state index is 9.77. The van der Waals surface area contributed by atoms with Crippen molar-refractivity contribution in [2.75, 3.05) is 66.1 Å². The summed E-state index contributed by atoms with van der Waals surface area (Å²) in [6, 6.07) is 0. The molecule has 0 fully saturated rings. The molecule has 0 saturated carbocycles. The molecule has 178 valence electrons. The van der Waals surface area contributed by atoms with Crippen LogP contribution in [-0.2, 0) is 28.4 Å². The van der Waals surface area contributed by atoms with Crippen LogP contribution in [0.2, 0.25) is 0 Å². The predicted molar refractivity (Wildman–Crippen MR) is 115 cm³/mol. The van der Waals surface area contributed by atoms with Crippen LogP contribution >= 0.6 is 0 Å². The summed E-state index contributed by atoms with van der Waals surface area (Å²) in [5.74, 6) is 0. The molecule has 2 unspecified atom stereocenters. The second-order valence-electron chi connectivity index (χ2n) is 6.80. The number of unbranched alkanes of at least 4 members (excludes halogenated alkanes) is 3. The first-order valence-corrected chi connectivity index (χ1v) is 10.8. The molecule has 2 atom stereocenters. The molecule has 0 radical (unpaired) electrons. The second kappa shape index (κ2) is 24.1. The highest BCUT2D eigenvalue weighted by Crippen LogP contribution is 1.98. The highest BCUT2D eigenvalue weighted by molar-refractivity contribution is 4.54. The summed E-state index contributed by atoms with van der Waals surface area (Å²) in [7, 11) is 0. The third-order valence-electron chi connectivity index (χ3n) is 3.91. The van der Waals surface area contributed by atoms with E-state index in [0.717, 1.165) is 38.5 Å². The summed E-state index contributed by atoms with van der Waals surface area (Å²) in [5, 5.41) is 19.5. The van der Waals surface area contributed by atoms with E-state index in [1.54, 1.807) is 0 Å². The average Bonchev–Trinajstić information content (AvgIpc) is 2.74. The van der Waals surface area contributed by atoms with Crippen LogP contribution in [0.25, 0.3) is 0 Å². The summed E-state index contributed by atoms with van der Waals surface area (Å²) in [6.45, 7) is 11.6. The van der Waals surface area contributed by atoms with Gasteiger partial charge in [-0.15, -0.1) is 0 Å². The van der Waals surface area contributed by atoms with Gasteiger partial charge in [0.05, 0.1) is 52.2 Å². The Bertz CT molecular complexity index is 333. The van der Waals surface area contributed by atoms with Gasteiger partial charge >= 0.3 is 0 Å². The average molecular weight is 435 g/mol. The summed E-state index contributed by atoms with van der Waals surface area (Å²) in [5.41, 5.74) is 0. The lowest BCUT2D eigenvalue weighted by Crippen LogP contribution is -2.23.